The van der Waals surface area contributed by atoms with Gasteiger partial charge in [0.15, 0.2) is 0 Å². The summed E-state index contributed by atoms with van der Waals surface area (Å²) in [6.45, 7) is 11.7. The molecular weight excluding hydrogens is 196 g/mol. The first-order chi connectivity index (χ1) is 7.24. The molecule has 0 rings (SSSR count). The van der Waals surface area contributed by atoms with Crippen molar-refractivity contribution >= 4 is 8.07 Å². The summed E-state index contributed by atoms with van der Waals surface area (Å²) in [5.41, 5.74) is 4.24. The Labute approximate surface area is 95.5 Å². The first-order valence-electron chi connectivity index (χ1n) is 5.31. The van der Waals surface area contributed by atoms with Crippen LogP contribution in [-0.2, 0) is 0 Å². The molecule has 0 bridgehead atoms. The Morgan fingerprint density at radius 1 is 0.933 bits per heavy atom. The molecule has 0 fully saturated rings. The highest BCUT2D eigenvalue weighted by molar-refractivity contribution is 6.88. The largest absolute Gasteiger partial charge is 0.107 e. The predicted octanol–water partition coefficient (Wildman–Crippen LogP) is 3.71. The third-order valence-corrected chi connectivity index (χ3v) is 6.59. The SMILES string of the molecule is C=C[Si](C=C)(CCC#CC)CCC#CC. The molecule has 0 aliphatic heterocycles. The van der Waals surface area contributed by atoms with Crippen LogP contribution in [0.4, 0.5) is 0 Å². The molecule has 0 unspecified atom stereocenters. The fourth-order valence-corrected chi connectivity index (χ4v) is 3.87. The van der Waals surface area contributed by atoms with Crippen molar-refractivity contribution < 1.29 is 0 Å². The fraction of sp³-hybridized carbons (Fsp3) is 0.429. The molecule has 0 aromatic rings. The Hall–Kier alpha value is -1.18. The first-order valence-corrected chi connectivity index (χ1v) is 7.88. The second-order valence-electron chi connectivity index (χ2n) is 3.49. The maximum absolute atomic E-state index is 3.96. The van der Waals surface area contributed by atoms with E-state index in [0.717, 1.165) is 24.9 Å². The average Bonchev–Trinajstić information content (AvgIpc) is 2.28. The predicted molar refractivity (Wildman–Crippen MR) is 71.9 cm³/mol. The minimum Gasteiger partial charge on any atom is -0.107 e. The van der Waals surface area contributed by atoms with Gasteiger partial charge in [0.25, 0.3) is 0 Å². The minimum atomic E-state index is -1.50. The van der Waals surface area contributed by atoms with E-state index in [-0.39, 0.29) is 0 Å². The van der Waals surface area contributed by atoms with Crippen LogP contribution < -0.4 is 0 Å². The standard InChI is InChI=1S/C14H20Si/c1-5-9-11-13-15(7-3,8-4)14-12-10-6-2/h7-8H,3-4,11-14H2,1-2H3. The molecule has 0 aromatic carbocycles. The van der Waals surface area contributed by atoms with E-state index in [1.807, 2.05) is 13.8 Å². The Morgan fingerprint density at radius 3 is 1.60 bits per heavy atom. The Balaban J connectivity index is 4.37. The summed E-state index contributed by atoms with van der Waals surface area (Å²) in [5.74, 6) is 12.1. The van der Waals surface area contributed by atoms with E-state index in [1.165, 1.54) is 0 Å². The topological polar surface area (TPSA) is 0 Å². The lowest BCUT2D eigenvalue weighted by atomic mass is 10.5. The molecule has 0 spiro atoms. The van der Waals surface area contributed by atoms with E-state index < -0.39 is 8.07 Å². The van der Waals surface area contributed by atoms with Gasteiger partial charge in [-0.3, -0.25) is 0 Å². The molecule has 0 atom stereocenters. The lowest BCUT2D eigenvalue weighted by Gasteiger charge is -2.22. The summed E-state index contributed by atoms with van der Waals surface area (Å²) in [6.07, 6.45) is 1.92. The van der Waals surface area contributed by atoms with E-state index in [2.05, 4.69) is 48.2 Å². The quantitative estimate of drug-likeness (QED) is 0.469. The highest BCUT2D eigenvalue weighted by atomic mass is 28.3. The summed E-state index contributed by atoms with van der Waals surface area (Å²) in [6, 6.07) is 2.26. The zero-order chi connectivity index (χ0) is 11.6. The van der Waals surface area contributed by atoms with E-state index in [4.69, 9.17) is 0 Å². The van der Waals surface area contributed by atoms with Crippen molar-refractivity contribution in [3.8, 4) is 23.7 Å². The van der Waals surface area contributed by atoms with Gasteiger partial charge in [-0.05, 0) is 25.9 Å². The third-order valence-electron chi connectivity index (χ3n) is 2.60. The Morgan fingerprint density at radius 2 is 1.33 bits per heavy atom. The van der Waals surface area contributed by atoms with Crippen molar-refractivity contribution in [2.75, 3.05) is 0 Å². The van der Waals surface area contributed by atoms with Gasteiger partial charge in [-0.1, -0.05) is 11.4 Å². The summed E-state index contributed by atoms with van der Waals surface area (Å²) in [4.78, 5) is 0. The molecule has 0 saturated carbocycles. The zero-order valence-electron chi connectivity index (χ0n) is 9.90. The van der Waals surface area contributed by atoms with Crippen molar-refractivity contribution in [2.24, 2.45) is 0 Å². The minimum absolute atomic E-state index is 0.959. The van der Waals surface area contributed by atoms with Gasteiger partial charge in [-0.2, -0.15) is 0 Å². The van der Waals surface area contributed by atoms with Crippen LogP contribution in [0, 0.1) is 23.7 Å². The zero-order valence-corrected chi connectivity index (χ0v) is 10.9. The van der Waals surface area contributed by atoms with Crippen LogP contribution in [-0.4, -0.2) is 8.07 Å². The molecule has 0 amide bonds. The van der Waals surface area contributed by atoms with Gasteiger partial charge in [0, 0.05) is 12.8 Å². The summed E-state index contributed by atoms with van der Waals surface area (Å²) < 4.78 is 0. The first kappa shape index (κ1) is 13.8. The van der Waals surface area contributed by atoms with Crippen molar-refractivity contribution in [1.82, 2.24) is 0 Å². The lowest BCUT2D eigenvalue weighted by molar-refractivity contribution is 1.14. The number of hydrogen-bond donors (Lipinski definition) is 0. The molecule has 15 heavy (non-hydrogen) atoms. The van der Waals surface area contributed by atoms with Crippen LogP contribution in [0.5, 0.6) is 0 Å². The molecule has 0 aliphatic carbocycles. The van der Waals surface area contributed by atoms with Crippen molar-refractivity contribution in [1.29, 1.82) is 0 Å². The summed E-state index contributed by atoms with van der Waals surface area (Å²) in [5, 5.41) is 0. The second kappa shape index (κ2) is 8.15. The van der Waals surface area contributed by atoms with Crippen molar-refractivity contribution in [3.63, 3.8) is 0 Å². The van der Waals surface area contributed by atoms with Crippen LogP contribution in [0.15, 0.2) is 24.6 Å². The van der Waals surface area contributed by atoms with Gasteiger partial charge in [0.1, 0.15) is 8.07 Å². The normalized spacial score (nSPS) is 9.20. The van der Waals surface area contributed by atoms with Crippen LogP contribution in [0.3, 0.4) is 0 Å². The monoisotopic (exact) mass is 216 g/mol. The molecule has 0 aliphatic rings. The molecule has 0 N–H and O–H groups in total. The highest BCUT2D eigenvalue weighted by Crippen LogP contribution is 2.21. The average molecular weight is 216 g/mol. The molecule has 0 saturated heterocycles. The van der Waals surface area contributed by atoms with Gasteiger partial charge in [0.05, 0.1) is 0 Å². The van der Waals surface area contributed by atoms with Gasteiger partial charge in [-0.15, -0.1) is 36.8 Å². The number of hydrogen-bond acceptors (Lipinski definition) is 0. The number of rotatable bonds is 6. The van der Waals surface area contributed by atoms with Crippen molar-refractivity contribution in [2.45, 2.75) is 38.8 Å². The Bertz CT molecular complexity index is 283. The van der Waals surface area contributed by atoms with Crippen LogP contribution in [0.2, 0.25) is 12.1 Å². The van der Waals surface area contributed by atoms with E-state index in [9.17, 15) is 0 Å². The van der Waals surface area contributed by atoms with Gasteiger partial charge in [0.2, 0.25) is 0 Å². The highest BCUT2D eigenvalue weighted by Gasteiger charge is 2.23. The van der Waals surface area contributed by atoms with Gasteiger partial charge < -0.3 is 0 Å². The van der Waals surface area contributed by atoms with Crippen LogP contribution in [0.25, 0.3) is 0 Å². The van der Waals surface area contributed by atoms with Gasteiger partial charge >= 0.3 is 0 Å². The molecule has 1 heteroatoms. The molecule has 0 aromatic heterocycles. The summed E-state index contributed by atoms with van der Waals surface area (Å²) >= 11 is 0. The fourth-order valence-electron chi connectivity index (χ4n) is 1.46. The van der Waals surface area contributed by atoms with Crippen LogP contribution in [0.1, 0.15) is 26.7 Å². The Kier molecular flexibility index (Phi) is 7.51. The van der Waals surface area contributed by atoms with E-state index in [0.29, 0.717) is 0 Å². The smallest absolute Gasteiger partial charge is 0.102 e. The van der Waals surface area contributed by atoms with Crippen molar-refractivity contribution in [3.05, 3.63) is 24.6 Å². The van der Waals surface area contributed by atoms with E-state index >= 15 is 0 Å². The maximum Gasteiger partial charge on any atom is 0.102 e. The summed E-state index contributed by atoms with van der Waals surface area (Å²) in [7, 11) is -1.50. The molecule has 0 nitrogen and oxygen atoms in total. The lowest BCUT2D eigenvalue weighted by Crippen LogP contribution is -2.28. The molecule has 0 radical (unpaired) electrons. The third kappa shape index (κ3) is 5.30. The second-order valence-corrected chi connectivity index (χ2v) is 7.78. The van der Waals surface area contributed by atoms with E-state index in [1.54, 1.807) is 0 Å². The van der Waals surface area contributed by atoms with Gasteiger partial charge in [-0.25, -0.2) is 0 Å². The molecule has 0 heterocycles. The molecule has 80 valence electrons. The maximum atomic E-state index is 3.96. The molecular formula is C14H20Si. The van der Waals surface area contributed by atoms with Crippen LogP contribution >= 0.6 is 0 Å².